The first-order valence-corrected chi connectivity index (χ1v) is 5.75. The van der Waals surface area contributed by atoms with Crippen LogP contribution < -0.4 is 5.32 Å². The fraction of sp³-hybridized carbons (Fsp3) is 0.500. The van der Waals surface area contributed by atoms with Gasteiger partial charge in [-0.15, -0.1) is 0 Å². The van der Waals surface area contributed by atoms with E-state index in [1.54, 1.807) is 13.2 Å². The van der Waals surface area contributed by atoms with E-state index >= 15 is 0 Å². The lowest BCUT2D eigenvalue weighted by Crippen LogP contribution is -2.15. The van der Waals surface area contributed by atoms with E-state index in [2.05, 4.69) is 5.32 Å². The van der Waals surface area contributed by atoms with Gasteiger partial charge < -0.3 is 10.1 Å². The Labute approximate surface area is 101 Å². The smallest absolute Gasteiger partial charge is 0.125 e. The normalized spacial score (nSPS) is 10.7. The van der Waals surface area contributed by atoms with Gasteiger partial charge in [-0.3, -0.25) is 0 Å². The fourth-order valence-corrected chi connectivity index (χ4v) is 1.69. The lowest BCUT2D eigenvalue weighted by atomic mass is 10.2. The van der Waals surface area contributed by atoms with E-state index in [1.807, 2.05) is 0 Å². The quantitative estimate of drug-likeness (QED) is 0.746. The number of nitrogens with one attached hydrogen (secondary N) is 1. The first kappa shape index (κ1) is 13.4. The summed E-state index contributed by atoms with van der Waals surface area (Å²) in [6.45, 7) is 2.33. The van der Waals surface area contributed by atoms with Gasteiger partial charge in [0.25, 0.3) is 0 Å². The molecule has 0 atom stereocenters. The second kappa shape index (κ2) is 7.60. The highest BCUT2D eigenvalue weighted by atomic mass is 35.5. The van der Waals surface area contributed by atoms with Crippen molar-refractivity contribution in [3.8, 4) is 0 Å². The van der Waals surface area contributed by atoms with E-state index in [4.69, 9.17) is 16.3 Å². The summed E-state index contributed by atoms with van der Waals surface area (Å²) in [4.78, 5) is 0. The average molecular weight is 246 g/mol. The van der Waals surface area contributed by atoms with E-state index in [-0.39, 0.29) is 5.82 Å². The maximum atomic E-state index is 13.0. The highest BCUT2D eigenvalue weighted by Crippen LogP contribution is 2.13. The van der Waals surface area contributed by atoms with Crippen molar-refractivity contribution in [2.75, 3.05) is 20.3 Å². The Morgan fingerprint density at radius 1 is 1.31 bits per heavy atom. The molecule has 0 saturated carbocycles. The van der Waals surface area contributed by atoms with Gasteiger partial charge in [0.1, 0.15) is 5.82 Å². The van der Waals surface area contributed by atoms with Crippen LogP contribution in [0.2, 0.25) is 5.02 Å². The number of hydrogen-bond acceptors (Lipinski definition) is 2. The Morgan fingerprint density at radius 3 is 2.81 bits per heavy atom. The molecule has 0 bridgehead atoms. The highest BCUT2D eigenvalue weighted by Gasteiger charge is 1.98. The van der Waals surface area contributed by atoms with Crippen molar-refractivity contribution in [3.05, 3.63) is 34.6 Å². The number of halogens is 2. The zero-order valence-corrected chi connectivity index (χ0v) is 10.2. The maximum Gasteiger partial charge on any atom is 0.125 e. The molecule has 1 rings (SSSR count). The molecule has 1 aromatic carbocycles. The lowest BCUT2D eigenvalue weighted by Gasteiger charge is -2.05. The molecule has 0 aliphatic heterocycles. The van der Waals surface area contributed by atoms with Crippen molar-refractivity contribution in [1.29, 1.82) is 0 Å². The van der Waals surface area contributed by atoms with Crippen LogP contribution in [0.25, 0.3) is 0 Å². The molecule has 0 radical (unpaired) electrons. The monoisotopic (exact) mass is 245 g/mol. The molecule has 0 aliphatic carbocycles. The molecule has 16 heavy (non-hydrogen) atoms. The lowest BCUT2D eigenvalue weighted by molar-refractivity contribution is 0.192. The Hall–Kier alpha value is -0.640. The standard InChI is InChI=1S/C12H17ClFNO/c1-16-5-3-2-4-15-9-10-6-11(13)8-12(14)7-10/h6-8,15H,2-5,9H2,1H3. The van der Waals surface area contributed by atoms with Crippen molar-refractivity contribution < 1.29 is 9.13 Å². The van der Waals surface area contributed by atoms with Gasteiger partial charge in [-0.2, -0.15) is 0 Å². The minimum Gasteiger partial charge on any atom is -0.385 e. The summed E-state index contributed by atoms with van der Waals surface area (Å²) in [5.74, 6) is -0.288. The summed E-state index contributed by atoms with van der Waals surface area (Å²) in [5, 5.41) is 3.68. The van der Waals surface area contributed by atoms with E-state index in [0.717, 1.165) is 31.6 Å². The zero-order valence-electron chi connectivity index (χ0n) is 9.43. The van der Waals surface area contributed by atoms with Crippen LogP contribution in [0.5, 0.6) is 0 Å². The predicted octanol–water partition coefficient (Wildman–Crippen LogP) is 3.00. The molecule has 4 heteroatoms. The molecule has 2 nitrogen and oxygen atoms in total. The van der Waals surface area contributed by atoms with E-state index in [1.165, 1.54) is 12.1 Å². The Balaban J connectivity index is 2.21. The van der Waals surface area contributed by atoms with Crippen LogP contribution in [0.4, 0.5) is 4.39 Å². The second-order valence-corrected chi connectivity index (χ2v) is 4.09. The van der Waals surface area contributed by atoms with E-state index < -0.39 is 0 Å². The number of rotatable bonds is 7. The third-order valence-corrected chi connectivity index (χ3v) is 2.42. The molecule has 0 unspecified atom stereocenters. The molecule has 0 saturated heterocycles. The van der Waals surface area contributed by atoms with Crippen LogP contribution in [-0.4, -0.2) is 20.3 Å². The van der Waals surface area contributed by atoms with Crippen molar-refractivity contribution in [1.82, 2.24) is 5.32 Å². The first-order chi connectivity index (χ1) is 7.72. The molecule has 0 spiro atoms. The number of ether oxygens (including phenoxy) is 1. The highest BCUT2D eigenvalue weighted by molar-refractivity contribution is 6.30. The number of hydrogen-bond donors (Lipinski definition) is 1. The first-order valence-electron chi connectivity index (χ1n) is 5.37. The zero-order chi connectivity index (χ0) is 11.8. The summed E-state index contributed by atoms with van der Waals surface area (Å²) in [5.41, 5.74) is 0.872. The van der Waals surface area contributed by atoms with Gasteiger partial charge in [0.2, 0.25) is 0 Å². The summed E-state index contributed by atoms with van der Waals surface area (Å²) >= 11 is 5.75. The summed E-state index contributed by atoms with van der Waals surface area (Å²) < 4.78 is 17.9. The average Bonchev–Trinajstić information content (AvgIpc) is 2.22. The Bertz CT molecular complexity index is 300. The molecule has 0 heterocycles. The molecular weight excluding hydrogens is 229 g/mol. The maximum absolute atomic E-state index is 13.0. The molecule has 0 aliphatic rings. The number of unbranched alkanes of at least 4 members (excludes halogenated alkanes) is 1. The molecule has 0 aromatic heterocycles. The summed E-state index contributed by atoms with van der Waals surface area (Å²) in [6.07, 6.45) is 2.09. The van der Waals surface area contributed by atoms with Crippen molar-refractivity contribution in [3.63, 3.8) is 0 Å². The Morgan fingerprint density at radius 2 is 2.12 bits per heavy atom. The minimum atomic E-state index is -0.288. The van der Waals surface area contributed by atoms with Gasteiger partial charge in [-0.1, -0.05) is 11.6 Å². The second-order valence-electron chi connectivity index (χ2n) is 3.65. The fourth-order valence-electron chi connectivity index (χ4n) is 1.44. The molecule has 1 N–H and O–H groups in total. The van der Waals surface area contributed by atoms with Gasteiger partial charge in [0.05, 0.1) is 0 Å². The van der Waals surface area contributed by atoms with Crippen molar-refractivity contribution in [2.24, 2.45) is 0 Å². The van der Waals surface area contributed by atoms with Crippen LogP contribution in [0.15, 0.2) is 18.2 Å². The topological polar surface area (TPSA) is 21.3 Å². The largest absolute Gasteiger partial charge is 0.385 e. The van der Waals surface area contributed by atoms with E-state index in [9.17, 15) is 4.39 Å². The number of methoxy groups -OCH3 is 1. The third kappa shape index (κ3) is 5.45. The van der Waals surface area contributed by atoms with Crippen molar-refractivity contribution in [2.45, 2.75) is 19.4 Å². The van der Waals surface area contributed by atoms with Gasteiger partial charge in [0.15, 0.2) is 0 Å². The van der Waals surface area contributed by atoms with E-state index in [0.29, 0.717) is 11.6 Å². The van der Waals surface area contributed by atoms with Crippen LogP contribution in [0.1, 0.15) is 18.4 Å². The number of benzene rings is 1. The molecule has 1 aromatic rings. The molecule has 90 valence electrons. The van der Waals surface area contributed by atoms with Crippen LogP contribution in [0.3, 0.4) is 0 Å². The minimum absolute atomic E-state index is 0.288. The summed E-state index contributed by atoms with van der Waals surface area (Å²) in [7, 11) is 1.70. The SMILES string of the molecule is COCCCCNCc1cc(F)cc(Cl)c1. The summed E-state index contributed by atoms with van der Waals surface area (Å²) in [6, 6.07) is 4.57. The van der Waals surface area contributed by atoms with Crippen LogP contribution in [0, 0.1) is 5.82 Å². The molecule has 0 fully saturated rings. The van der Waals surface area contributed by atoms with Gasteiger partial charge >= 0.3 is 0 Å². The third-order valence-electron chi connectivity index (χ3n) is 2.20. The Kier molecular flexibility index (Phi) is 6.38. The molecular formula is C12H17ClFNO. The van der Waals surface area contributed by atoms with Crippen LogP contribution in [-0.2, 0) is 11.3 Å². The van der Waals surface area contributed by atoms with Crippen LogP contribution >= 0.6 is 11.6 Å². The molecule has 0 amide bonds. The predicted molar refractivity (Wildman–Crippen MR) is 64.2 cm³/mol. The van der Waals surface area contributed by atoms with Gasteiger partial charge in [-0.05, 0) is 43.1 Å². The van der Waals surface area contributed by atoms with Gasteiger partial charge in [-0.25, -0.2) is 4.39 Å². The van der Waals surface area contributed by atoms with Crippen molar-refractivity contribution >= 4 is 11.6 Å². The van der Waals surface area contributed by atoms with Gasteiger partial charge in [0, 0.05) is 25.3 Å².